The van der Waals surface area contributed by atoms with Gasteiger partial charge in [-0.05, 0) is 81.1 Å². The van der Waals surface area contributed by atoms with Gasteiger partial charge in [0.05, 0.1) is 11.0 Å². The summed E-state index contributed by atoms with van der Waals surface area (Å²) < 4.78 is 2.29. The van der Waals surface area contributed by atoms with Gasteiger partial charge in [0, 0.05) is 22.5 Å². The first-order valence-corrected chi connectivity index (χ1v) is 14.0. The van der Waals surface area contributed by atoms with Crippen molar-refractivity contribution in [3.63, 3.8) is 0 Å². The normalized spacial score (nSPS) is 11.4. The predicted octanol–water partition coefficient (Wildman–Crippen LogP) is 10.3. The van der Waals surface area contributed by atoms with Crippen LogP contribution in [0.1, 0.15) is 0 Å². The Labute approximate surface area is 238 Å². The van der Waals surface area contributed by atoms with Crippen molar-refractivity contribution in [3.05, 3.63) is 158 Å². The molecule has 0 atom stereocenters. The first-order valence-electron chi connectivity index (χ1n) is 14.0. The minimum Gasteiger partial charge on any atom is -0.294 e. The van der Waals surface area contributed by atoms with Gasteiger partial charge in [-0.3, -0.25) is 4.57 Å². The van der Waals surface area contributed by atoms with E-state index < -0.39 is 0 Å². The van der Waals surface area contributed by atoms with Gasteiger partial charge in [-0.25, -0.2) is 4.98 Å². The maximum atomic E-state index is 5.05. The molecule has 0 unspecified atom stereocenters. The molecule has 0 radical (unpaired) electrons. The third-order valence-corrected chi connectivity index (χ3v) is 8.02. The number of fused-ring (bicyclic) bond motifs is 5. The molecule has 0 spiro atoms. The molecule has 0 saturated carbocycles. The highest BCUT2D eigenvalue weighted by Gasteiger charge is 2.15. The molecule has 6 aromatic carbocycles. The van der Waals surface area contributed by atoms with Gasteiger partial charge in [0.1, 0.15) is 5.82 Å². The number of benzene rings is 6. The van der Waals surface area contributed by atoms with Crippen LogP contribution in [0.15, 0.2) is 158 Å². The zero-order valence-electron chi connectivity index (χ0n) is 22.4. The molecule has 2 heteroatoms. The first-order chi connectivity index (χ1) is 20.3. The minimum atomic E-state index is 0.915. The monoisotopic (exact) mass is 522 g/mol. The molecule has 2 nitrogen and oxygen atoms in total. The first kappa shape index (κ1) is 23.4. The quantitative estimate of drug-likeness (QED) is 0.225. The van der Waals surface area contributed by atoms with Crippen LogP contribution in [0.4, 0.5) is 0 Å². The molecular formula is C39H26N2. The van der Waals surface area contributed by atoms with Crippen LogP contribution in [0.5, 0.6) is 0 Å². The Bertz CT molecular complexity index is 2120. The van der Waals surface area contributed by atoms with Crippen LogP contribution in [0.25, 0.3) is 71.8 Å². The van der Waals surface area contributed by atoms with Crippen LogP contribution in [0.2, 0.25) is 0 Å². The van der Waals surface area contributed by atoms with E-state index in [1.807, 2.05) is 6.20 Å². The van der Waals surface area contributed by atoms with Crippen molar-refractivity contribution in [1.29, 1.82) is 0 Å². The van der Waals surface area contributed by atoms with Gasteiger partial charge in [-0.2, -0.15) is 0 Å². The van der Waals surface area contributed by atoms with Crippen molar-refractivity contribution in [2.24, 2.45) is 0 Å². The molecule has 0 bridgehead atoms. The summed E-state index contributed by atoms with van der Waals surface area (Å²) in [5.41, 5.74) is 9.37. The molecule has 2 aromatic heterocycles. The average Bonchev–Trinajstić information content (AvgIpc) is 3.40. The Balaban J connectivity index is 1.29. The Morgan fingerprint density at radius 2 is 0.976 bits per heavy atom. The fourth-order valence-corrected chi connectivity index (χ4v) is 6.06. The number of hydrogen-bond acceptors (Lipinski definition) is 1. The van der Waals surface area contributed by atoms with E-state index in [0.29, 0.717) is 0 Å². The maximum absolute atomic E-state index is 5.05. The second-order valence-electron chi connectivity index (χ2n) is 10.5. The summed E-state index contributed by atoms with van der Waals surface area (Å²) in [6, 6.07) is 54.0. The van der Waals surface area contributed by atoms with E-state index in [1.54, 1.807) is 0 Å². The molecule has 0 amide bonds. The lowest BCUT2D eigenvalue weighted by molar-refractivity contribution is 1.08. The van der Waals surface area contributed by atoms with Gasteiger partial charge in [0.25, 0.3) is 0 Å². The van der Waals surface area contributed by atoms with Gasteiger partial charge in [0.15, 0.2) is 0 Å². The van der Waals surface area contributed by atoms with Gasteiger partial charge < -0.3 is 0 Å². The van der Waals surface area contributed by atoms with Crippen LogP contribution < -0.4 is 0 Å². The average molecular weight is 523 g/mol. The van der Waals surface area contributed by atoms with Gasteiger partial charge in [-0.1, -0.05) is 109 Å². The fraction of sp³-hybridized carbons (Fsp3) is 0. The molecule has 0 saturated heterocycles. The second-order valence-corrected chi connectivity index (χ2v) is 10.5. The summed E-state index contributed by atoms with van der Waals surface area (Å²) in [6.07, 6.45) is 2.01. The maximum Gasteiger partial charge on any atom is 0.137 e. The van der Waals surface area contributed by atoms with E-state index in [4.69, 9.17) is 4.98 Å². The highest BCUT2D eigenvalue weighted by atomic mass is 15.1. The molecule has 8 rings (SSSR count). The molecule has 192 valence electrons. The van der Waals surface area contributed by atoms with Crippen LogP contribution in [-0.4, -0.2) is 9.55 Å². The number of hydrogen-bond donors (Lipinski definition) is 0. The summed E-state index contributed by atoms with van der Waals surface area (Å²) >= 11 is 0. The van der Waals surface area contributed by atoms with Crippen LogP contribution in [-0.2, 0) is 0 Å². The Morgan fingerprint density at radius 3 is 1.63 bits per heavy atom. The molecule has 0 fully saturated rings. The molecule has 8 aromatic rings. The Hall–Kier alpha value is -5.47. The zero-order chi connectivity index (χ0) is 27.2. The second kappa shape index (κ2) is 9.62. The van der Waals surface area contributed by atoms with Gasteiger partial charge >= 0.3 is 0 Å². The molecule has 41 heavy (non-hydrogen) atoms. The lowest BCUT2D eigenvalue weighted by Gasteiger charge is -2.12. The molecule has 0 aliphatic heterocycles. The predicted molar refractivity (Wildman–Crippen MR) is 172 cm³/mol. The van der Waals surface area contributed by atoms with Crippen molar-refractivity contribution in [1.82, 2.24) is 9.55 Å². The third-order valence-electron chi connectivity index (χ3n) is 8.02. The van der Waals surface area contributed by atoms with Crippen molar-refractivity contribution < 1.29 is 0 Å². The van der Waals surface area contributed by atoms with Crippen LogP contribution in [0.3, 0.4) is 0 Å². The van der Waals surface area contributed by atoms with E-state index in [2.05, 4.69) is 156 Å². The summed E-state index contributed by atoms with van der Waals surface area (Å²) in [7, 11) is 0. The number of nitrogens with zero attached hydrogens (tertiary/aromatic N) is 2. The molecule has 2 heterocycles. The summed E-state index contributed by atoms with van der Waals surface area (Å²) in [4.78, 5) is 5.05. The van der Waals surface area contributed by atoms with Crippen molar-refractivity contribution >= 4 is 32.6 Å². The fourth-order valence-electron chi connectivity index (χ4n) is 6.06. The largest absolute Gasteiger partial charge is 0.294 e. The van der Waals surface area contributed by atoms with Gasteiger partial charge in [0.2, 0.25) is 0 Å². The number of pyridine rings is 1. The number of rotatable bonds is 4. The minimum absolute atomic E-state index is 0.915. The third kappa shape index (κ3) is 4.00. The van der Waals surface area contributed by atoms with Crippen molar-refractivity contribution in [2.45, 2.75) is 0 Å². The summed E-state index contributed by atoms with van der Waals surface area (Å²) in [6.45, 7) is 0. The Morgan fingerprint density at radius 1 is 0.390 bits per heavy atom. The lowest BCUT2D eigenvalue weighted by atomic mass is 9.94. The van der Waals surface area contributed by atoms with E-state index in [-0.39, 0.29) is 0 Å². The number of aromatic nitrogens is 2. The standard InChI is InChI=1S/C39H26N2/c1-3-11-27(12-4-1)31-23-32(28-13-5-2-6-14-28)25-33(24-31)30-20-22-38(40-26-30)41-36-18-10-9-17-35(36)39-34-16-8-7-15-29(34)19-21-37(39)41/h1-26H. The van der Waals surface area contributed by atoms with Crippen LogP contribution in [0, 0.1) is 0 Å². The highest BCUT2D eigenvalue weighted by molar-refractivity contribution is 6.21. The van der Waals surface area contributed by atoms with Gasteiger partial charge in [-0.15, -0.1) is 0 Å². The van der Waals surface area contributed by atoms with E-state index in [0.717, 1.165) is 22.5 Å². The Kier molecular flexibility index (Phi) is 5.49. The van der Waals surface area contributed by atoms with Crippen molar-refractivity contribution in [2.75, 3.05) is 0 Å². The highest BCUT2D eigenvalue weighted by Crippen LogP contribution is 2.37. The van der Waals surface area contributed by atoms with E-state index in [9.17, 15) is 0 Å². The lowest BCUT2D eigenvalue weighted by Crippen LogP contribution is -1.97. The molecule has 0 aliphatic carbocycles. The smallest absolute Gasteiger partial charge is 0.137 e. The molecular weight excluding hydrogens is 496 g/mol. The zero-order valence-corrected chi connectivity index (χ0v) is 22.4. The van der Waals surface area contributed by atoms with Crippen LogP contribution >= 0.6 is 0 Å². The van der Waals surface area contributed by atoms with E-state index in [1.165, 1.54) is 49.3 Å². The molecule has 0 aliphatic rings. The van der Waals surface area contributed by atoms with E-state index >= 15 is 0 Å². The SMILES string of the molecule is c1ccc(-c2cc(-c3ccccc3)cc(-c3ccc(-n4c5ccccc5c5c6ccccc6ccc54)nc3)c2)cc1. The topological polar surface area (TPSA) is 17.8 Å². The van der Waals surface area contributed by atoms with Crippen molar-refractivity contribution in [3.8, 4) is 39.2 Å². The summed E-state index contributed by atoms with van der Waals surface area (Å²) in [5, 5.41) is 5.03. The number of para-hydroxylation sites is 1. The molecule has 0 N–H and O–H groups in total. The summed E-state index contributed by atoms with van der Waals surface area (Å²) in [5.74, 6) is 0.915.